The quantitative estimate of drug-likeness (QED) is 0.778. The van der Waals surface area contributed by atoms with Crippen molar-refractivity contribution in [3.8, 4) is 0 Å². The van der Waals surface area contributed by atoms with E-state index in [1.807, 2.05) is 18.2 Å². The van der Waals surface area contributed by atoms with Crippen LogP contribution in [0.4, 0.5) is 17.1 Å². The average Bonchev–Trinajstić information content (AvgIpc) is 3.24. The molecule has 152 valence electrons. The Balaban J connectivity index is 1.48. The van der Waals surface area contributed by atoms with Gasteiger partial charge in [-0.3, -0.25) is 9.59 Å². The minimum Gasteiger partial charge on any atom is -0.351 e. The van der Waals surface area contributed by atoms with Crippen molar-refractivity contribution in [1.82, 2.24) is 4.31 Å². The van der Waals surface area contributed by atoms with Crippen molar-refractivity contribution < 1.29 is 18.0 Å². The van der Waals surface area contributed by atoms with Gasteiger partial charge in [-0.15, -0.1) is 0 Å². The second-order valence-electron chi connectivity index (χ2n) is 7.11. The summed E-state index contributed by atoms with van der Waals surface area (Å²) in [6, 6.07) is 13.6. The molecule has 0 saturated carbocycles. The molecule has 0 atom stereocenters. The Morgan fingerprint density at radius 2 is 1.83 bits per heavy atom. The normalized spacial score (nSPS) is 17.0. The number of nitrogens with one attached hydrogen (secondary N) is 2. The van der Waals surface area contributed by atoms with Crippen LogP contribution in [0.15, 0.2) is 53.4 Å². The highest BCUT2D eigenvalue weighted by Gasteiger charge is 2.27. The maximum Gasteiger partial charge on any atom is 0.243 e. The van der Waals surface area contributed by atoms with Gasteiger partial charge in [0.05, 0.1) is 29.4 Å². The molecule has 2 aliphatic heterocycles. The second-order valence-corrected chi connectivity index (χ2v) is 9.05. The molecule has 4 rings (SSSR count). The van der Waals surface area contributed by atoms with E-state index in [2.05, 4.69) is 10.6 Å². The van der Waals surface area contributed by atoms with Crippen molar-refractivity contribution in [2.75, 3.05) is 41.7 Å². The number of fused-ring (bicyclic) bond motifs is 1. The molecule has 2 aromatic carbocycles. The van der Waals surface area contributed by atoms with E-state index in [0.29, 0.717) is 24.5 Å². The van der Waals surface area contributed by atoms with E-state index < -0.39 is 10.0 Å². The van der Waals surface area contributed by atoms with E-state index in [4.69, 9.17) is 0 Å². The monoisotopic (exact) mass is 414 g/mol. The number of amides is 2. The number of rotatable bonds is 5. The van der Waals surface area contributed by atoms with Crippen LogP contribution in [0.3, 0.4) is 0 Å². The third kappa shape index (κ3) is 4.10. The number of anilines is 3. The number of carbonyl (C=O) groups excluding carboxylic acids is 2. The Labute approximate surface area is 169 Å². The maximum absolute atomic E-state index is 12.7. The van der Waals surface area contributed by atoms with Gasteiger partial charge in [-0.05, 0) is 43.2 Å². The van der Waals surface area contributed by atoms with Crippen molar-refractivity contribution in [3.05, 3.63) is 48.5 Å². The molecule has 0 aliphatic carbocycles. The van der Waals surface area contributed by atoms with Crippen LogP contribution >= 0.6 is 0 Å². The van der Waals surface area contributed by atoms with Gasteiger partial charge in [-0.25, -0.2) is 8.42 Å². The molecule has 2 amide bonds. The van der Waals surface area contributed by atoms with Gasteiger partial charge in [0.1, 0.15) is 0 Å². The molecule has 2 aromatic rings. The second kappa shape index (κ2) is 7.84. The molecule has 2 heterocycles. The van der Waals surface area contributed by atoms with Crippen molar-refractivity contribution >= 4 is 38.9 Å². The van der Waals surface area contributed by atoms with Gasteiger partial charge < -0.3 is 15.5 Å². The van der Waals surface area contributed by atoms with E-state index >= 15 is 0 Å². The third-order valence-electron chi connectivity index (χ3n) is 5.01. The SMILES string of the molecule is O=C(CN1CC(=O)Nc2ccccc21)Nc1cccc(S(=O)(=O)N2CCCC2)c1. The van der Waals surface area contributed by atoms with Crippen molar-refractivity contribution in [2.45, 2.75) is 17.7 Å². The summed E-state index contributed by atoms with van der Waals surface area (Å²) in [7, 11) is -3.55. The summed E-state index contributed by atoms with van der Waals surface area (Å²) in [5, 5.41) is 5.52. The molecular weight excluding hydrogens is 392 g/mol. The number of benzene rings is 2. The number of para-hydroxylation sites is 2. The fourth-order valence-electron chi connectivity index (χ4n) is 3.63. The molecule has 2 N–H and O–H groups in total. The predicted octanol–water partition coefficient (Wildman–Crippen LogP) is 1.87. The van der Waals surface area contributed by atoms with Gasteiger partial charge in [-0.1, -0.05) is 18.2 Å². The van der Waals surface area contributed by atoms with Crippen LogP contribution < -0.4 is 15.5 Å². The molecule has 1 fully saturated rings. The Kier molecular flexibility index (Phi) is 5.25. The van der Waals surface area contributed by atoms with Gasteiger partial charge in [0.15, 0.2) is 0 Å². The fourth-order valence-corrected chi connectivity index (χ4v) is 5.19. The zero-order chi connectivity index (χ0) is 20.4. The summed E-state index contributed by atoms with van der Waals surface area (Å²) >= 11 is 0. The van der Waals surface area contributed by atoms with Crippen LogP contribution in [0.5, 0.6) is 0 Å². The summed E-state index contributed by atoms with van der Waals surface area (Å²) in [6.07, 6.45) is 1.72. The first-order valence-electron chi connectivity index (χ1n) is 9.47. The van der Waals surface area contributed by atoms with Crippen molar-refractivity contribution in [2.24, 2.45) is 0 Å². The lowest BCUT2D eigenvalue weighted by Crippen LogP contribution is -2.42. The number of hydrogen-bond donors (Lipinski definition) is 2. The van der Waals surface area contributed by atoms with Crippen LogP contribution in [0.1, 0.15) is 12.8 Å². The third-order valence-corrected chi connectivity index (χ3v) is 6.90. The minimum atomic E-state index is -3.55. The van der Waals surface area contributed by atoms with Gasteiger partial charge in [0.2, 0.25) is 21.8 Å². The van der Waals surface area contributed by atoms with Crippen molar-refractivity contribution in [3.63, 3.8) is 0 Å². The standard InChI is InChI=1S/C20H22N4O4S/c25-19(13-23-14-20(26)22-17-8-1-2-9-18(17)23)21-15-6-5-7-16(12-15)29(27,28)24-10-3-4-11-24/h1-2,5-9,12H,3-4,10-11,13-14H2,(H,21,25)(H,22,26). The Hall–Kier alpha value is -2.91. The Morgan fingerprint density at radius 3 is 2.62 bits per heavy atom. The van der Waals surface area contributed by atoms with Crippen LogP contribution in [0.2, 0.25) is 0 Å². The van der Waals surface area contributed by atoms with E-state index in [1.165, 1.54) is 16.4 Å². The van der Waals surface area contributed by atoms with Gasteiger partial charge in [0, 0.05) is 18.8 Å². The molecular formula is C20H22N4O4S. The number of carbonyl (C=O) groups is 2. The summed E-state index contributed by atoms with van der Waals surface area (Å²) < 4.78 is 26.9. The van der Waals surface area contributed by atoms with Gasteiger partial charge >= 0.3 is 0 Å². The lowest BCUT2D eigenvalue weighted by atomic mass is 10.2. The zero-order valence-corrected chi connectivity index (χ0v) is 16.6. The average molecular weight is 414 g/mol. The molecule has 0 unspecified atom stereocenters. The molecule has 0 aromatic heterocycles. The van der Waals surface area contributed by atoms with E-state index in [-0.39, 0.29) is 29.8 Å². The summed E-state index contributed by atoms with van der Waals surface area (Å²) in [4.78, 5) is 26.3. The van der Waals surface area contributed by atoms with Gasteiger partial charge in [-0.2, -0.15) is 4.31 Å². The highest BCUT2D eigenvalue weighted by Crippen LogP contribution is 2.28. The van der Waals surface area contributed by atoms with Crippen molar-refractivity contribution in [1.29, 1.82) is 0 Å². The van der Waals surface area contributed by atoms with Crippen LogP contribution in [-0.2, 0) is 19.6 Å². The lowest BCUT2D eigenvalue weighted by Gasteiger charge is -2.30. The van der Waals surface area contributed by atoms with E-state index in [9.17, 15) is 18.0 Å². The molecule has 2 aliphatic rings. The fraction of sp³-hybridized carbons (Fsp3) is 0.300. The highest BCUT2D eigenvalue weighted by molar-refractivity contribution is 7.89. The maximum atomic E-state index is 12.7. The first kappa shape index (κ1) is 19.4. The number of sulfonamides is 1. The minimum absolute atomic E-state index is 0.0203. The smallest absolute Gasteiger partial charge is 0.243 e. The summed E-state index contributed by atoms with van der Waals surface area (Å²) in [5.74, 6) is -0.513. The van der Waals surface area contributed by atoms with E-state index in [1.54, 1.807) is 23.1 Å². The highest BCUT2D eigenvalue weighted by atomic mass is 32.2. The zero-order valence-electron chi connectivity index (χ0n) is 15.8. The molecule has 9 heteroatoms. The van der Waals surface area contributed by atoms with Gasteiger partial charge in [0.25, 0.3) is 0 Å². The first-order chi connectivity index (χ1) is 13.9. The molecule has 1 saturated heterocycles. The predicted molar refractivity (Wildman–Crippen MR) is 110 cm³/mol. The molecule has 29 heavy (non-hydrogen) atoms. The molecule has 0 radical (unpaired) electrons. The molecule has 8 nitrogen and oxygen atoms in total. The lowest BCUT2D eigenvalue weighted by molar-refractivity contribution is -0.115. The largest absolute Gasteiger partial charge is 0.351 e. The van der Waals surface area contributed by atoms with E-state index in [0.717, 1.165) is 18.5 Å². The topological polar surface area (TPSA) is 98.8 Å². The molecule has 0 spiro atoms. The first-order valence-corrected chi connectivity index (χ1v) is 10.9. The van der Waals surface area contributed by atoms with Crippen LogP contribution in [0, 0.1) is 0 Å². The number of nitrogens with zero attached hydrogens (tertiary/aromatic N) is 2. The number of hydrogen-bond acceptors (Lipinski definition) is 5. The Morgan fingerprint density at radius 1 is 1.07 bits per heavy atom. The molecule has 0 bridgehead atoms. The van der Waals surface area contributed by atoms with Crippen LogP contribution in [-0.4, -0.2) is 50.7 Å². The van der Waals surface area contributed by atoms with Crippen LogP contribution in [0.25, 0.3) is 0 Å². The Bertz CT molecular complexity index is 1050. The summed E-state index contributed by atoms with van der Waals surface area (Å²) in [6.45, 7) is 1.10. The summed E-state index contributed by atoms with van der Waals surface area (Å²) in [5.41, 5.74) is 1.84.